The molecule has 0 saturated heterocycles. The van der Waals surface area contributed by atoms with Crippen molar-refractivity contribution in [3.8, 4) is 5.75 Å². The Labute approximate surface area is 110 Å². The van der Waals surface area contributed by atoms with E-state index in [1.165, 1.54) is 12.3 Å². The first-order chi connectivity index (χ1) is 9.20. The molecule has 19 heavy (non-hydrogen) atoms. The number of nitrogens with zero attached hydrogens (tertiary/aromatic N) is 1. The second kappa shape index (κ2) is 5.95. The van der Waals surface area contributed by atoms with Gasteiger partial charge in [-0.3, -0.25) is 4.79 Å². The Balaban J connectivity index is 2.18. The van der Waals surface area contributed by atoms with Crippen molar-refractivity contribution in [2.45, 2.75) is 13.3 Å². The van der Waals surface area contributed by atoms with Crippen molar-refractivity contribution in [3.63, 3.8) is 0 Å². The topological polar surface area (TPSA) is 72.0 Å². The number of hydrogen-bond donors (Lipinski definition) is 1. The summed E-state index contributed by atoms with van der Waals surface area (Å²) < 4.78 is 5.44. The van der Waals surface area contributed by atoms with Gasteiger partial charge in [0.2, 0.25) is 5.78 Å². The van der Waals surface area contributed by atoms with Crippen molar-refractivity contribution in [3.05, 3.63) is 58.3 Å². The van der Waals surface area contributed by atoms with Crippen LogP contribution in [-0.4, -0.2) is 22.4 Å². The lowest BCUT2D eigenvalue weighted by Gasteiger charge is -2.05. The number of aromatic nitrogens is 2. The highest BCUT2D eigenvalue weighted by atomic mass is 16.5. The summed E-state index contributed by atoms with van der Waals surface area (Å²) in [7, 11) is 0. The van der Waals surface area contributed by atoms with Crippen LogP contribution < -0.4 is 10.4 Å². The molecule has 0 aliphatic rings. The maximum Gasteiger partial charge on any atom is 0.345 e. The monoisotopic (exact) mass is 258 g/mol. The summed E-state index contributed by atoms with van der Waals surface area (Å²) in [5.74, 6) is 0.475. The van der Waals surface area contributed by atoms with Gasteiger partial charge < -0.3 is 9.72 Å². The number of ketones is 1. The Hall–Kier alpha value is -2.43. The Bertz CT molecular complexity index is 617. The third-order valence-electron chi connectivity index (χ3n) is 2.51. The average Bonchev–Trinajstić information content (AvgIpc) is 2.45. The summed E-state index contributed by atoms with van der Waals surface area (Å²) in [5, 5.41) is 0. The van der Waals surface area contributed by atoms with E-state index in [0.717, 1.165) is 12.2 Å². The van der Waals surface area contributed by atoms with Gasteiger partial charge >= 0.3 is 5.69 Å². The van der Waals surface area contributed by atoms with E-state index in [1.807, 2.05) is 6.92 Å². The lowest BCUT2D eigenvalue weighted by molar-refractivity contribution is 0.103. The minimum atomic E-state index is -0.534. The summed E-state index contributed by atoms with van der Waals surface area (Å²) in [6.07, 6.45) is 2.24. The zero-order valence-corrected chi connectivity index (χ0v) is 10.6. The van der Waals surface area contributed by atoms with Crippen LogP contribution in [-0.2, 0) is 0 Å². The first-order valence-electron chi connectivity index (χ1n) is 6.03. The highest BCUT2D eigenvalue weighted by Crippen LogP contribution is 2.14. The van der Waals surface area contributed by atoms with Crippen LogP contribution in [0.2, 0.25) is 0 Å². The molecule has 0 radical (unpaired) electrons. The smallest absolute Gasteiger partial charge is 0.345 e. The van der Waals surface area contributed by atoms with Gasteiger partial charge in [-0.1, -0.05) is 6.92 Å². The van der Waals surface area contributed by atoms with Crippen molar-refractivity contribution >= 4 is 5.78 Å². The molecule has 0 aliphatic heterocycles. The van der Waals surface area contributed by atoms with Crippen LogP contribution in [0, 0.1) is 0 Å². The van der Waals surface area contributed by atoms with Gasteiger partial charge in [0.1, 0.15) is 5.75 Å². The zero-order valence-electron chi connectivity index (χ0n) is 10.6. The fourth-order valence-corrected chi connectivity index (χ4v) is 1.58. The fourth-order valence-electron chi connectivity index (χ4n) is 1.58. The van der Waals surface area contributed by atoms with Gasteiger partial charge in [-0.15, -0.1) is 0 Å². The van der Waals surface area contributed by atoms with Gasteiger partial charge in [0.15, 0.2) is 0 Å². The van der Waals surface area contributed by atoms with E-state index in [2.05, 4.69) is 9.97 Å². The second-order valence-electron chi connectivity index (χ2n) is 3.99. The highest BCUT2D eigenvalue weighted by molar-refractivity contribution is 6.07. The molecule has 98 valence electrons. The molecule has 5 heteroatoms. The summed E-state index contributed by atoms with van der Waals surface area (Å²) in [5.41, 5.74) is 0.182. The zero-order chi connectivity index (χ0) is 13.7. The van der Waals surface area contributed by atoms with Crippen LogP contribution in [0.15, 0.2) is 41.3 Å². The van der Waals surface area contributed by atoms with Crippen LogP contribution in [0.1, 0.15) is 29.4 Å². The number of rotatable bonds is 5. The molecule has 0 unspecified atom stereocenters. The van der Waals surface area contributed by atoms with E-state index >= 15 is 0 Å². The maximum absolute atomic E-state index is 12.1. The fraction of sp³-hybridized carbons (Fsp3) is 0.214. The maximum atomic E-state index is 12.1. The number of ether oxygens (including phenoxy) is 1. The lowest BCUT2D eigenvalue weighted by Crippen LogP contribution is -2.15. The molecule has 0 saturated carbocycles. The molecule has 0 fully saturated rings. The number of nitrogens with one attached hydrogen (secondary N) is 1. The molecular formula is C14H14N2O3. The van der Waals surface area contributed by atoms with E-state index in [9.17, 15) is 9.59 Å². The molecule has 1 aromatic heterocycles. The first-order valence-corrected chi connectivity index (χ1v) is 6.03. The van der Waals surface area contributed by atoms with Crippen LogP contribution in [0.5, 0.6) is 5.75 Å². The van der Waals surface area contributed by atoms with Gasteiger partial charge in [0, 0.05) is 11.8 Å². The number of H-pyrrole nitrogens is 1. The predicted octanol–water partition coefficient (Wildman–Crippen LogP) is 1.79. The van der Waals surface area contributed by atoms with Crippen molar-refractivity contribution in [2.75, 3.05) is 6.61 Å². The van der Waals surface area contributed by atoms with Gasteiger partial charge in [-0.05, 0) is 36.8 Å². The molecule has 2 aromatic rings. The number of carbonyl (C=O) groups is 1. The van der Waals surface area contributed by atoms with Gasteiger partial charge in [-0.2, -0.15) is 0 Å². The number of carbonyl (C=O) groups excluding carboxylic acids is 1. The Morgan fingerprint density at radius 1 is 1.26 bits per heavy atom. The Kier molecular flexibility index (Phi) is 4.07. The van der Waals surface area contributed by atoms with Crippen molar-refractivity contribution in [1.29, 1.82) is 0 Å². The summed E-state index contributed by atoms with van der Waals surface area (Å²) in [6.45, 7) is 2.67. The second-order valence-corrected chi connectivity index (χ2v) is 3.99. The summed E-state index contributed by atoms with van der Waals surface area (Å²) in [4.78, 5) is 29.0. The third kappa shape index (κ3) is 3.28. The molecule has 0 aliphatic carbocycles. The summed E-state index contributed by atoms with van der Waals surface area (Å²) >= 11 is 0. The number of benzene rings is 1. The lowest BCUT2D eigenvalue weighted by atomic mass is 10.1. The van der Waals surface area contributed by atoms with Gasteiger partial charge in [-0.25, -0.2) is 9.78 Å². The van der Waals surface area contributed by atoms with Crippen molar-refractivity contribution in [2.24, 2.45) is 0 Å². The molecule has 5 nitrogen and oxygen atoms in total. The Morgan fingerprint density at radius 3 is 2.63 bits per heavy atom. The number of aromatic amines is 1. The largest absolute Gasteiger partial charge is 0.494 e. The van der Waals surface area contributed by atoms with Crippen LogP contribution in [0.3, 0.4) is 0 Å². The van der Waals surface area contributed by atoms with Gasteiger partial charge in [0.05, 0.1) is 12.3 Å². The molecule has 1 aromatic carbocycles. The highest BCUT2D eigenvalue weighted by Gasteiger charge is 2.09. The van der Waals surface area contributed by atoms with Crippen LogP contribution in [0.25, 0.3) is 0 Å². The predicted molar refractivity (Wildman–Crippen MR) is 70.5 cm³/mol. The Morgan fingerprint density at radius 2 is 2.00 bits per heavy atom. The molecule has 1 N–H and O–H groups in total. The summed E-state index contributed by atoms with van der Waals surface area (Å²) in [6, 6.07) is 8.30. The standard InChI is InChI=1S/C14H14N2O3/c1-2-9-19-11-5-3-10(4-6-11)13(17)12-7-8-15-14(18)16-12/h3-8H,2,9H2,1H3,(H,15,16,18). The van der Waals surface area contributed by atoms with E-state index in [0.29, 0.717) is 12.2 Å². The van der Waals surface area contributed by atoms with Crippen LogP contribution >= 0.6 is 0 Å². The molecule has 2 rings (SSSR count). The SMILES string of the molecule is CCCOc1ccc(C(=O)c2ccnc(=O)[nH]2)cc1. The van der Waals surface area contributed by atoms with Crippen molar-refractivity contribution < 1.29 is 9.53 Å². The molecule has 0 bridgehead atoms. The molecule has 1 heterocycles. The average molecular weight is 258 g/mol. The molecule has 0 spiro atoms. The van der Waals surface area contributed by atoms with E-state index < -0.39 is 5.69 Å². The van der Waals surface area contributed by atoms with Gasteiger partial charge in [0.25, 0.3) is 0 Å². The quantitative estimate of drug-likeness (QED) is 0.830. The van der Waals surface area contributed by atoms with Crippen LogP contribution in [0.4, 0.5) is 0 Å². The molecule has 0 amide bonds. The third-order valence-corrected chi connectivity index (χ3v) is 2.51. The van der Waals surface area contributed by atoms with E-state index in [-0.39, 0.29) is 11.5 Å². The number of hydrogen-bond acceptors (Lipinski definition) is 4. The van der Waals surface area contributed by atoms with Crippen molar-refractivity contribution in [1.82, 2.24) is 9.97 Å². The minimum Gasteiger partial charge on any atom is -0.494 e. The first kappa shape index (κ1) is 13.0. The normalized spacial score (nSPS) is 10.2. The van der Waals surface area contributed by atoms with E-state index in [1.54, 1.807) is 24.3 Å². The molecule has 0 atom stereocenters. The van der Waals surface area contributed by atoms with E-state index in [4.69, 9.17) is 4.74 Å². The molecular weight excluding hydrogens is 244 g/mol. The minimum absolute atomic E-state index is 0.224.